The number of aryl methyl sites for hydroxylation is 1. The molecular weight excluding hydrogens is 400 g/mol. The van der Waals surface area contributed by atoms with Crippen LogP contribution in [0, 0.1) is 6.92 Å². The molecule has 29 heavy (non-hydrogen) atoms. The molecule has 0 fully saturated rings. The second-order valence-corrected chi connectivity index (χ2v) is 8.37. The van der Waals surface area contributed by atoms with E-state index < -0.39 is 0 Å². The van der Waals surface area contributed by atoms with E-state index in [1.807, 2.05) is 31.2 Å². The summed E-state index contributed by atoms with van der Waals surface area (Å²) in [6.07, 6.45) is 1.57. The largest absolute Gasteiger partial charge is 0.494 e. The molecule has 0 aliphatic heterocycles. The number of thiophene rings is 1. The van der Waals surface area contributed by atoms with Crippen molar-refractivity contribution in [2.24, 2.45) is 0 Å². The van der Waals surface area contributed by atoms with E-state index in [4.69, 9.17) is 4.74 Å². The van der Waals surface area contributed by atoms with E-state index in [2.05, 4.69) is 46.5 Å². The minimum absolute atomic E-state index is 0.0666. The van der Waals surface area contributed by atoms with Crippen LogP contribution in [0.25, 0.3) is 21.3 Å². The van der Waals surface area contributed by atoms with Crippen LogP contribution in [0.2, 0.25) is 0 Å². The highest BCUT2D eigenvalue weighted by molar-refractivity contribution is 8.00. The van der Waals surface area contributed by atoms with Crippen molar-refractivity contribution in [3.05, 3.63) is 71.4 Å². The molecule has 146 valence electrons. The first-order chi connectivity index (χ1) is 14.2. The number of hydrogen-bond acceptors (Lipinski definition) is 6. The Morgan fingerprint density at radius 1 is 1.07 bits per heavy atom. The molecular formula is C23H20N2O2S2. The Bertz CT molecular complexity index is 1140. The molecule has 4 aromatic rings. The molecule has 4 rings (SSSR count). The van der Waals surface area contributed by atoms with E-state index in [9.17, 15) is 4.79 Å². The topological polar surface area (TPSA) is 52.1 Å². The van der Waals surface area contributed by atoms with Crippen molar-refractivity contribution in [2.45, 2.75) is 18.9 Å². The van der Waals surface area contributed by atoms with Crippen molar-refractivity contribution in [3.8, 4) is 16.9 Å². The van der Waals surface area contributed by atoms with Gasteiger partial charge in [0.2, 0.25) is 0 Å². The first-order valence-corrected chi connectivity index (χ1v) is 11.2. The zero-order valence-electron chi connectivity index (χ0n) is 16.2. The lowest BCUT2D eigenvalue weighted by molar-refractivity contribution is 0.102. The molecule has 0 saturated carbocycles. The average Bonchev–Trinajstić information content (AvgIpc) is 3.18. The monoisotopic (exact) mass is 420 g/mol. The van der Waals surface area contributed by atoms with Gasteiger partial charge >= 0.3 is 0 Å². The Kier molecular flexibility index (Phi) is 5.92. The van der Waals surface area contributed by atoms with Gasteiger partial charge in [-0.15, -0.1) is 11.3 Å². The van der Waals surface area contributed by atoms with E-state index in [-0.39, 0.29) is 5.78 Å². The number of fused-ring (bicyclic) bond motifs is 1. The SMILES string of the molecule is CCOc1ccc(C(=O)CSc2ncnc3scc(-c4ccc(C)cc4)c23)cc1. The fourth-order valence-electron chi connectivity index (χ4n) is 3.02. The minimum atomic E-state index is 0.0666. The number of nitrogens with zero attached hydrogens (tertiary/aromatic N) is 2. The Hall–Kier alpha value is -2.70. The molecule has 0 bridgehead atoms. The average molecular weight is 421 g/mol. The minimum Gasteiger partial charge on any atom is -0.494 e. The van der Waals surface area contributed by atoms with Crippen LogP contribution in [0.5, 0.6) is 5.75 Å². The zero-order valence-corrected chi connectivity index (χ0v) is 17.8. The highest BCUT2D eigenvalue weighted by Gasteiger charge is 2.15. The number of Topliss-reactive ketones (excluding diaryl/α,β-unsaturated/α-hetero) is 1. The fourth-order valence-corrected chi connectivity index (χ4v) is 4.91. The highest BCUT2D eigenvalue weighted by Crippen LogP contribution is 2.38. The maximum absolute atomic E-state index is 12.7. The van der Waals surface area contributed by atoms with Gasteiger partial charge < -0.3 is 4.74 Å². The lowest BCUT2D eigenvalue weighted by Gasteiger charge is -2.06. The number of ether oxygens (including phenoxy) is 1. The molecule has 0 spiro atoms. The quantitative estimate of drug-likeness (QED) is 0.207. The van der Waals surface area contributed by atoms with Crippen LogP contribution < -0.4 is 4.74 Å². The smallest absolute Gasteiger partial charge is 0.173 e. The molecule has 0 atom stereocenters. The van der Waals surface area contributed by atoms with Crippen molar-refractivity contribution in [2.75, 3.05) is 12.4 Å². The van der Waals surface area contributed by atoms with Crippen LogP contribution in [-0.2, 0) is 0 Å². The summed E-state index contributed by atoms with van der Waals surface area (Å²) in [5.41, 5.74) is 4.15. The Morgan fingerprint density at radius 3 is 2.55 bits per heavy atom. The zero-order chi connectivity index (χ0) is 20.2. The normalized spacial score (nSPS) is 11.0. The summed E-state index contributed by atoms with van der Waals surface area (Å²) in [6, 6.07) is 15.7. The van der Waals surface area contributed by atoms with Crippen LogP contribution in [0.4, 0.5) is 0 Å². The van der Waals surface area contributed by atoms with Gasteiger partial charge in [-0.05, 0) is 43.7 Å². The lowest BCUT2D eigenvalue weighted by atomic mass is 10.1. The Morgan fingerprint density at radius 2 is 1.83 bits per heavy atom. The van der Waals surface area contributed by atoms with Gasteiger partial charge in [-0.1, -0.05) is 41.6 Å². The number of rotatable bonds is 7. The summed E-state index contributed by atoms with van der Waals surface area (Å²) < 4.78 is 5.44. The van der Waals surface area contributed by atoms with Crippen LogP contribution in [-0.4, -0.2) is 28.1 Å². The highest BCUT2D eigenvalue weighted by atomic mass is 32.2. The molecule has 2 aromatic carbocycles. The predicted molar refractivity (Wildman–Crippen MR) is 120 cm³/mol. The standard InChI is InChI=1S/C23H20N2O2S2/c1-3-27-18-10-8-17(9-11-18)20(26)13-29-23-21-19(12-28-22(21)24-14-25-23)16-6-4-15(2)5-7-16/h4-12,14H,3,13H2,1-2H3. The first kappa shape index (κ1) is 19.6. The van der Waals surface area contributed by atoms with Crippen molar-refractivity contribution in [3.63, 3.8) is 0 Å². The van der Waals surface area contributed by atoms with Crippen LogP contribution in [0.3, 0.4) is 0 Å². The van der Waals surface area contributed by atoms with Gasteiger partial charge in [-0.3, -0.25) is 4.79 Å². The van der Waals surface area contributed by atoms with Crippen molar-refractivity contribution >= 4 is 39.1 Å². The van der Waals surface area contributed by atoms with Crippen LogP contribution >= 0.6 is 23.1 Å². The summed E-state index contributed by atoms with van der Waals surface area (Å²) in [5.74, 6) is 1.16. The molecule has 4 nitrogen and oxygen atoms in total. The Labute approximate surface area is 178 Å². The number of aromatic nitrogens is 2. The number of carbonyl (C=O) groups excluding carboxylic acids is 1. The number of thioether (sulfide) groups is 1. The fraction of sp³-hybridized carbons (Fsp3) is 0.174. The van der Waals surface area contributed by atoms with Crippen LogP contribution in [0.15, 0.2) is 65.3 Å². The van der Waals surface area contributed by atoms with Crippen molar-refractivity contribution < 1.29 is 9.53 Å². The third-order valence-electron chi connectivity index (χ3n) is 4.53. The molecule has 0 amide bonds. The third-order valence-corrected chi connectivity index (χ3v) is 6.40. The van der Waals surface area contributed by atoms with Gasteiger partial charge in [0.25, 0.3) is 0 Å². The Balaban J connectivity index is 1.57. The summed E-state index contributed by atoms with van der Waals surface area (Å²) in [5, 5.41) is 3.97. The molecule has 0 aliphatic carbocycles. The first-order valence-electron chi connectivity index (χ1n) is 9.34. The number of carbonyl (C=O) groups is 1. The van der Waals surface area contributed by atoms with Crippen molar-refractivity contribution in [1.29, 1.82) is 0 Å². The van der Waals surface area contributed by atoms with E-state index in [0.29, 0.717) is 17.9 Å². The molecule has 2 aromatic heterocycles. The summed E-state index contributed by atoms with van der Waals surface area (Å²) in [7, 11) is 0. The molecule has 0 aliphatic rings. The molecule has 6 heteroatoms. The summed E-state index contributed by atoms with van der Waals surface area (Å²) in [4.78, 5) is 22.5. The molecule has 0 saturated heterocycles. The second kappa shape index (κ2) is 8.76. The number of benzene rings is 2. The van der Waals surface area contributed by atoms with Gasteiger partial charge in [0, 0.05) is 16.5 Å². The molecule has 0 unspecified atom stereocenters. The maximum Gasteiger partial charge on any atom is 0.173 e. The van der Waals surface area contributed by atoms with E-state index in [0.717, 1.165) is 32.1 Å². The van der Waals surface area contributed by atoms with Gasteiger partial charge in [0.15, 0.2) is 5.78 Å². The lowest BCUT2D eigenvalue weighted by Crippen LogP contribution is -2.03. The predicted octanol–water partition coefficient (Wildman–Crippen LogP) is 6.04. The van der Waals surface area contributed by atoms with Crippen LogP contribution in [0.1, 0.15) is 22.8 Å². The van der Waals surface area contributed by atoms with Gasteiger partial charge in [0.1, 0.15) is 21.9 Å². The third kappa shape index (κ3) is 4.33. The molecule has 2 heterocycles. The molecule has 0 N–H and O–H groups in total. The summed E-state index contributed by atoms with van der Waals surface area (Å²) in [6.45, 7) is 4.62. The molecule has 0 radical (unpaired) electrons. The van der Waals surface area contributed by atoms with Gasteiger partial charge in [0.05, 0.1) is 17.7 Å². The summed E-state index contributed by atoms with van der Waals surface area (Å²) >= 11 is 3.06. The second-order valence-electron chi connectivity index (χ2n) is 6.54. The maximum atomic E-state index is 12.7. The van der Waals surface area contributed by atoms with E-state index in [1.54, 1.807) is 17.7 Å². The van der Waals surface area contributed by atoms with Crippen molar-refractivity contribution in [1.82, 2.24) is 9.97 Å². The van der Waals surface area contributed by atoms with Gasteiger partial charge in [-0.2, -0.15) is 0 Å². The van der Waals surface area contributed by atoms with Gasteiger partial charge in [-0.25, -0.2) is 9.97 Å². The number of ketones is 1. The van der Waals surface area contributed by atoms with E-state index >= 15 is 0 Å². The number of hydrogen-bond donors (Lipinski definition) is 0. The van der Waals surface area contributed by atoms with E-state index in [1.165, 1.54) is 17.3 Å².